The van der Waals surface area contributed by atoms with E-state index in [4.69, 9.17) is 0 Å². The van der Waals surface area contributed by atoms with E-state index in [0.29, 0.717) is 30.8 Å². The Hall–Kier alpha value is -2.92. The molecule has 1 aromatic heterocycles. The molecule has 5 heteroatoms. The summed E-state index contributed by atoms with van der Waals surface area (Å²) in [5, 5.41) is 0. The van der Waals surface area contributed by atoms with E-state index in [1.165, 1.54) is 6.07 Å². The molecular weight excluding hydrogens is 341 g/mol. The highest BCUT2D eigenvalue weighted by Gasteiger charge is 2.30. The van der Waals surface area contributed by atoms with Crippen LogP contribution in [-0.4, -0.2) is 47.0 Å². The minimum absolute atomic E-state index is 0.0107. The van der Waals surface area contributed by atoms with Crippen molar-refractivity contribution in [3.8, 4) is 5.69 Å². The summed E-state index contributed by atoms with van der Waals surface area (Å²) in [4.78, 5) is 16.9. The van der Waals surface area contributed by atoms with Gasteiger partial charge in [0.1, 0.15) is 5.82 Å². The van der Waals surface area contributed by atoms with Crippen LogP contribution in [0.2, 0.25) is 0 Å². The van der Waals surface area contributed by atoms with Gasteiger partial charge in [-0.1, -0.05) is 18.2 Å². The molecule has 1 amide bonds. The predicted octanol–water partition coefficient (Wildman–Crippen LogP) is 3.75. The smallest absolute Gasteiger partial charge is 0.253 e. The molecule has 0 bridgehead atoms. The van der Waals surface area contributed by atoms with Crippen LogP contribution >= 0.6 is 0 Å². The highest BCUT2D eigenvalue weighted by Crippen LogP contribution is 2.27. The van der Waals surface area contributed by atoms with Gasteiger partial charge < -0.3 is 9.47 Å². The molecule has 1 saturated heterocycles. The van der Waals surface area contributed by atoms with Crippen LogP contribution in [0, 0.1) is 5.82 Å². The number of benzene rings is 2. The van der Waals surface area contributed by atoms with Crippen molar-refractivity contribution in [2.45, 2.75) is 6.04 Å². The van der Waals surface area contributed by atoms with Crippen molar-refractivity contribution in [1.82, 2.24) is 14.4 Å². The Morgan fingerprint density at radius 2 is 1.67 bits per heavy atom. The van der Waals surface area contributed by atoms with Crippen LogP contribution in [0.1, 0.15) is 22.0 Å². The van der Waals surface area contributed by atoms with Crippen LogP contribution in [0.15, 0.2) is 73.1 Å². The lowest BCUT2D eigenvalue weighted by Gasteiger charge is -2.39. The number of halogens is 1. The standard InChI is InChI=1S/C22H22FN3O/c1-24-14-15-26(16-21(24)19-6-2-3-7-20(19)23)22(27)17-8-10-18(11-9-17)25-12-4-5-13-25/h2-13,21H,14-16H2,1H3. The topological polar surface area (TPSA) is 28.5 Å². The average molecular weight is 363 g/mol. The predicted molar refractivity (Wildman–Crippen MR) is 103 cm³/mol. The molecule has 1 fully saturated rings. The van der Waals surface area contributed by atoms with Crippen molar-refractivity contribution < 1.29 is 9.18 Å². The summed E-state index contributed by atoms with van der Waals surface area (Å²) in [7, 11) is 1.98. The first kappa shape index (κ1) is 17.5. The Kier molecular flexibility index (Phi) is 4.77. The van der Waals surface area contributed by atoms with Gasteiger partial charge in [-0.3, -0.25) is 9.69 Å². The van der Waals surface area contributed by atoms with Crippen LogP contribution in [-0.2, 0) is 0 Å². The lowest BCUT2D eigenvalue weighted by Crippen LogP contribution is -2.49. The van der Waals surface area contributed by atoms with E-state index >= 15 is 0 Å². The van der Waals surface area contributed by atoms with Crippen LogP contribution < -0.4 is 0 Å². The van der Waals surface area contributed by atoms with Crippen molar-refractivity contribution in [3.63, 3.8) is 0 Å². The average Bonchev–Trinajstić information content (AvgIpc) is 3.23. The molecule has 1 aliphatic heterocycles. The van der Waals surface area contributed by atoms with E-state index in [1.54, 1.807) is 12.1 Å². The Balaban J connectivity index is 1.52. The lowest BCUT2D eigenvalue weighted by molar-refractivity contribution is 0.0540. The number of amides is 1. The van der Waals surface area contributed by atoms with Gasteiger partial charge in [-0.25, -0.2) is 4.39 Å². The number of likely N-dealkylation sites (N-methyl/N-ethyl adjacent to an activating group) is 1. The first-order chi connectivity index (χ1) is 13.1. The van der Waals surface area contributed by atoms with Gasteiger partial charge in [0.25, 0.3) is 5.91 Å². The molecule has 0 saturated carbocycles. The Labute approximate surface area is 158 Å². The van der Waals surface area contributed by atoms with Gasteiger partial charge in [0.15, 0.2) is 0 Å². The molecule has 27 heavy (non-hydrogen) atoms. The zero-order chi connectivity index (χ0) is 18.8. The van der Waals surface area contributed by atoms with Crippen LogP contribution in [0.5, 0.6) is 0 Å². The van der Waals surface area contributed by atoms with Gasteiger partial charge in [0.05, 0.1) is 6.04 Å². The fourth-order valence-electron chi connectivity index (χ4n) is 3.60. The maximum Gasteiger partial charge on any atom is 0.253 e. The SMILES string of the molecule is CN1CCN(C(=O)c2ccc(-n3cccc3)cc2)CC1c1ccccc1F. The molecule has 3 aromatic rings. The van der Waals surface area contributed by atoms with Crippen LogP contribution in [0.25, 0.3) is 5.69 Å². The monoisotopic (exact) mass is 363 g/mol. The summed E-state index contributed by atoms with van der Waals surface area (Å²) in [5.41, 5.74) is 2.31. The van der Waals surface area contributed by atoms with Gasteiger partial charge in [-0.15, -0.1) is 0 Å². The molecule has 138 valence electrons. The largest absolute Gasteiger partial charge is 0.335 e. The number of hydrogen-bond donors (Lipinski definition) is 0. The molecule has 0 N–H and O–H groups in total. The van der Waals surface area contributed by atoms with Crippen LogP contribution in [0.4, 0.5) is 4.39 Å². The quantitative estimate of drug-likeness (QED) is 0.709. The second kappa shape index (κ2) is 7.37. The molecule has 2 aromatic carbocycles. The van der Waals surface area contributed by atoms with E-state index in [-0.39, 0.29) is 17.8 Å². The Morgan fingerprint density at radius 3 is 2.37 bits per heavy atom. The molecule has 0 radical (unpaired) electrons. The number of rotatable bonds is 3. The van der Waals surface area contributed by atoms with E-state index in [9.17, 15) is 9.18 Å². The van der Waals surface area contributed by atoms with Crippen molar-refractivity contribution in [2.75, 3.05) is 26.7 Å². The second-order valence-electron chi connectivity index (χ2n) is 6.91. The van der Waals surface area contributed by atoms with Crippen molar-refractivity contribution >= 4 is 5.91 Å². The van der Waals surface area contributed by atoms with E-state index in [1.807, 2.05) is 71.4 Å². The minimum atomic E-state index is -0.222. The van der Waals surface area contributed by atoms with E-state index < -0.39 is 0 Å². The maximum absolute atomic E-state index is 14.2. The third-order valence-electron chi connectivity index (χ3n) is 5.22. The number of hydrogen-bond acceptors (Lipinski definition) is 2. The lowest BCUT2D eigenvalue weighted by atomic mass is 10.0. The highest BCUT2D eigenvalue weighted by atomic mass is 19.1. The summed E-state index contributed by atoms with van der Waals surface area (Å²) < 4.78 is 16.2. The van der Waals surface area contributed by atoms with Crippen molar-refractivity contribution in [1.29, 1.82) is 0 Å². The zero-order valence-corrected chi connectivity index (χ0v) is 15.3. The molecule has 4 rings (SSSR count). The molecule has 0 spiro atoms. The summed E-state index contributed by atoms with van der Waals surface area (Å²) in [6.07, 6.45) is 3.94. The minimum Gasteiger partial charge on any atom is -0.335 e. The molecule has 1 atom stereocenters. The molecule has 2 heterocycles. The summed E-state index contributed by atoms with van der Waals surface area (Å²) >= 11 is 0. The number of carbonyl (C=O) groups excluding carboxylic acids is 1. The third-order valence-corrected chi connectivity index (χ3v) is 5.22. The van der Waals surface area contributed by atoms with Crippen LogP contribution in [0.3, 0.4) is 0 Å². The summed E-state index contributed by atoms with van der Waals surface area (Å²) in [6, 6.07) is 18.2. The second-order valence-corrected chi connectivity index (χ2v) is 6.91. The maximum atomic E-state index is 14.2. The third kappa shape index (κ3) is 3.51. The van der Waals surface area contributed by atoms with Gasteiger partial charge in [-0.2, -0.15) is 0 Å². The fourth-order valence-corrected chi connectivity index (χ4v) is 3.60. The van der Waals surface area contributed by atoms with E-state index in [2.05, 4.69) is 4.90 Å². The molecule has 1 unspecified atom stereocenters. The normalized spacial score (nSPS) is 17.9. The highest BCUT2D eigenvalue weighted by molar-refractivity contribution is 5.94. The number of nitrogens with zero attached hydrogens (tertiary/aromatic N) is 3. The molecule has 1 aliphatic rings. The Morgan fingerprint density at radius 1 is 0.963 bits per heavy atom. The van der Waals surface area contributed by atoms with E-state index in [0.717, 1.165) is 5.69 Å². The number of aromatic nitrogens is 1. The number of piperazine rings is 1. The zero-order valence-electron chi connectivity index (χ0n) is 15.3. The number of carbonyl (C=O) groups is 1. The van der Waals surface area contributed by atoms with Gasteiger partial charge >= 0.3 is 0 Å². The first-order valence-corrected chi connectivity index (χ1v) is 9.11. The van der Waals surface area contributed by atoms with Gasteiger partial charge in [0.2, 0.25) is 0 Å². The van der Waals surface area contributed by atoms with Crippen molar-refractivity contribution in [2.24, 2.45) is 0 Å². The van der Waals surface area contributed by atoms with Crippen molar-refractivity contribution in [3.05, 3.63) is 90.0 Å². The Bertz CT molecular complexity index is 921. The first-order valence-electron chi connectivity index (χ1n) is 9.11. The van der Waals surface area contributed by atoms with Gasteiger partial charge in [-0.05, 0) is 49.5 Å². The fraction of sp³-hybridized carbons (Fsp3) is 0.227. The summed E-state index contributed by atoms with van der Waals surface area (Å²) in [5.74, 6) is -0.233. The molecular formula is C22H22FN3O. The summed E-state index contributed by atoms with van der Waals surface area (Å²) in [6.45, 7) is 1.83. The molecule has 4 nitrogen and oxygen atoms in total. The molecule has 0 aliphatic carbocycles. The van der Waals surface area contributed by atoms with Gasteiger partial charge in [0, 0.05) is 48.8 Å².